The molecule has 2 saturated heterocycles. The zero-order valence-corrected chi connectivity index (χ0v) is 22.2. The van der Waals surface area contributed by atoms with Crippen molar-refractivity contribution in [1.29, 1.82) is 0 Å². The summed E-state index contributed by atoms with van der Waals surface area (Å²) in [7, 11) is 0. The number of carboxylic acids is 1. The summed E-state index contributed by atoms with van der Waals surface area (Å²) in [6.07, 6.45) is 8.11. The van der Waals surface area contributed by atoms with Crippen LogP contribution in [-0.4, -0.2) is 99.1 Å². The summed E-state index contributed by atoms with van der Waals surface area (Å²) in [5.41, 5.74) is 1.96. The van der Waals surface area contributed by atoms with E-state index in [1.807, 2.05) is 44.8 Å². The number of carboxylic acid groups (broad SMARTS) is 1. The normalized spacial score (nSPS) is 15.0. The quantitative estimate of drug-likeness (QED) is 0.353. The molecule has 2 N–H and O–H groups in total. The summed E-state index contributed by atoms with van der Waals surface area (Å²) in [5.74, 6) is -0.205. The van der Waals surface area contributed by atoms with Gasteiger partial charge in [0, 0.05) is 62.2 Å². The number of rotatable bonds is 6. The topological polar surface area (TPSA) is 161 Å². The number of anilines is 3. The van der Waals surface area contributed by atoms with Crippen LogP contribution in [0.4, 0.5) is 17.5 Å². The molecular formula is C27H29N9O5. The Kier molecular flexibility index (Phi) is 9.03. The van der Waals surface area contributed by atoms with Gasteiger partial charge in [-0.05, 0) is 24.3 Å². The van der Waals surface area contributed by atoms with Gasteiger partial charge < -0.3 is 34.3 Å². The number of hydrogen-bond acceptors (Lipinski definition) is 11. The van der Waals surface area contributed by atoms with Gasteiger partial charge in [0.2, 0.25) is 5.95 Å². The Balaban J connectivity index is 0.000000165. The molecule has 212 valence electrons. The molecule has 4 aromatic rings. The molecule has 3 aromatic heterocycles. The number of imidazole rings is 1. The van der Waals surface area contributed by atoms with Gasteiger partial charge in [0.25, 0.3) is 5.91 Å². The van der Waals surface area contributed by atoms with E-state index in [2.05, 4.69) is 30.2 Å². The third-order valence-corrected chi connectivity index (χ3v) is 6.27. The molecule has 5 heterocycles. The first-order valence-corrected chi connectivity index (χ1v) is 13.0. The van der Waals surface area contributed by atoms with Crippen molar-refractivity contribution in [2.24, 2.45) is 0 Å². The zero-order valence-electron chi connectivity index (χ0n) is 22.2. The van der Waals surface area contributed by atoms with Gasteiger partial charge in [0.05, 0.1) is 32.8 Å². The first-order chi connectivity index (χ1) is 20.1. The first kappa shape index (κ1) is 27.6. The molecule has 14 nitrogen and oxygen atoms in total. The second kappa shape index (κ2) is 13.4. The molecule has 14 heteroatoms. The van der Waals surface area contributed by atoms with Crippen LogP contribution >= 0.6 is 0 Å². The lowest BCUT2D eigenvalue weighted by atomic mass is 10.2. The molecule has 2 aliphatic heterocycles. The first-order valence-electron chi connectivity index (χ1n) is 13.0. The maximum Gasteiger partial charge on any atom is 0.354 e. The number of amides is 1. The highest BCUT2D eigenvalue weighted by Crippen LogP contribution is 2.20. The molecule has 0 atom stereocenters. The maximum atomic E-state index is 12.0. The van der Waals surface area contributed by atoms with Crippen LogP contribution in [0.5, 0.6) is 0 Å². The van der Waals surface area contributed by atoms with Gasteiger partial charge >= 0.3 is 5.97 Å². The monoisotopic (exact) mass is 559 g/mol. The van der Waals surface area contributed by atoms with E-state index in [0.29, 0.717) is 75.8 Å². The van der Waals surface area contributed by atoms with Crippen LogP contribution in [0.25, 0.3) is 5.69 Å². The Morgan fingerprint density at radius 2 is 1.61 bits per heavy atom. The highest BCUT2D eigenvalue weighted by molar-refractivity contribution is 6.02. The van der Waals surface area contributed by atoms with Crippen molar-refractivity contribution in [2.45, 2.75) is 0 Å². The van der Waals surface area contributed by atoms with E-state index < -0.39 is 5.97 Å². The molecule has 0 bridgehead atoms. The molecule has 0 saturated carbocycles. The highest BCUT2D eigenvalue weighted by atomic mass is 16.5. The van der Waals surface area contributed by atoms with Crippen LogP contribution in [-0.2, 0) is 9.47 Å². The fraction of sp³-hybridized carbons (Fsp3) is 0.296. The Labute approximate surface area is 235 Å². The minimum absolute atomic E-state index is 0.0213. The van der Waals surface area contributed by atoms with Crippen molar-refractivity contribution in [3.63, 3.8) is 0 Å². The molecular weight excluding hydrogens is 530 g/mol. The summed E-state index contributed by atoms with van der Waals surface area (Å²) in [4.78, 5) is 47.6. The van der Waals surface area contributed by atoms with Gasteiger partial charge in [-0.1, -0.05) is 6.07 Å². The van der Waals surface area contributed by atoms with Gasteiger partial charge in [0.1, 0.15) is 17.8 Å². The van der Waals surface area contributed by atoms with Crippen molar-refractivity contribution >= 4 is 29.3 Å². The lowest BCUT2D eigenvalue weighted by Gasteiger charge is -2.30. The van der Waals surface area contributed by atoms with Crippen molar-refractivity contribution in [2.75, 3.05) is 67.7 Å². The van der Waals surface area contributed by atoms with Crippen LogP contribution < -0.4 is 15.1 Å². The maximum absolute atomic E-state index is 12.0. The summed E-state index contributed by atoms with van der Waals surface area (Å²) in [5, 5.41) is 12.1. The van der Waals surface area contributed by atoms with E-state index in [1.165, 1.54) is 18.6 Å². The Hall–Kier alpha value is -4.95. The molecule has 0 unspecified atom stereocenters. The second-order valence-electron chi connectivity index (χ2n) is 8.98. The van der Waals surface area contributed by atoms with E-state index >= 15 is 0 Å². The number of aromatic carboxylic acids is 1. The molecule has 41 heavy (non-hydrogen) atoms. The smallest absolute Gasteiger partial charge is 0.354 e. The zero-order chi connectivity index (χ0) is 28.4. The van der Waals surface area contributed by atoms with Crippen LogP contribution in [0.2, 0.25) is 0 Å². The van der Waals surface area contributed by atoms with Crippen molar-refractivity contribution in [3.05, 3.63) is 79.0 Å². The minimum atomic E-state index is -1.04. The number of hydrogen-bond donors (Lipinski definition) is 2. The lowest BCUT2D eigenvalue weighted by molar-refractivity contribution is 0.0690. The Bertz CT molecular complexity index is 1400. The van der Waals surface area contributed by atoms with E-state index in [-0.39, 0.29) is 11.6 Å². The second-order valence-corrected chi connectivity index (χ2v) is 8.98. The third kappa shape index (κ3) is 7.38. The van der Waals surface area contributed by atoms with E-state index in [0.717, 1.165) is 5.69 Å². The van der Waals surface area contributed by atoms with Gasteiger partial charge in [-0.25, -0.2) is 24.7 Å². The minimum Gasteiger partial charge on any atom is -0.477 e. The van der Waals surface area contributed by atoms with Gasteiger partial charge in [-0.15, -0.1) is 0 Å². The number of carbonyl (C=O) groups excluding carboxylic acids is 1. The summed E-state index contributed by atoms with van der Waals surface area (Å²) in [6.45, 7) is 5.22. The van der Waals surface area contributed by atoms with Crippen molar-refractivity contribution < 1.29 is 24.2 Å². The number of nitrogens with one attached hydrogen (secondary N) is 1. The molecule has 1 aromatic carbocycles. The largest absolute Gasteiger partial charge is 0.477 e. The Morgan fingerprint density at radius 1 is 0.854 bits per heavy atom. The highest BCUT2D eigenvalue weighted by Gasteiger charge is 2.21. The van der Waals surface area contributed by atoms with E-state index in [9.17, 15) is 14.7 Å². The predicted molar refractivity (Wildman–Crippen MR) is 149 cm³/mol. The number of ether oxygens (including phenoxy) is 2. The van der Waals surface area contributed by atoms with E-state index in [1.54, 1.807) is 18.6 Å². The molecule has 2 aliphatic rings. The summed E-state index contributed by atoms with van der Waals surface area (Å²) < 4.78 is 12.5. The standard InChI is InChI=1S/C14H11N5O.C13H18N4O4/c20-14(13-4-5-15-9-17-13)18-11-2-1-3-12(8-11)19-7-6-16-10-19;18-12(19)10-9-11(16-1-5-20-6-2-16)15-13(14-10)17-3-7-21-8-4-17/h1-10H,(H,18,20);9H,1-8H2,(H,18,19). The SMILES string of the molecule is O=C(Nc1cccc(-n2ccnc2)c1)c1ccncn1.O=C(O)c1cc(N2CCOCC2)nc(N2CCOCC2)n1. The Morgan fingerprint density at radius 3 is 2.27 bits per heavy atom. The number of aromatic nitrogens is 6. The van der Waals surface area contributed by atoms with Gasteiger partial charge in [0.15, 0.2) is 5.69 Å². The van der Waals surface area contributed by atoms with Crippen molar-refractivity contribution in [1.82, 2.24) is 29.5 Å². The number of carbonyl (C=O) groups is 2. The molecule has 1 amide bonds. The predicted octanol–water partition coefficient (Wildman–Crippen LogP) is 1.76. The molecule has 0 radical (unpaired) electrons. The summed E-state index contributed by atoms with van der Waals surface area (Å²) >= 11 is 0. The number of morpholine rings is 2. The fourth-order valence-electron chi connectivity index (χ4n) is 4.17. The van der Waals surface area contributed by atoms with Gasteiger partial charge in [-0.3, -0.25) is 4.79 Å². The molecule has 6 rings (SSSR count). The van der Waals surface area contributed by atoms with Crippen molar-refractivity contribution in [3.8, 4) is 5.69 Å². The molecule has 2 fully saturated rings. The fourth-order valence-corrected chi connectivity index (χ4v) is 4.17. The average Bonchev–Trinajstić information content (AvgIpc) is 3.58. The van der Waals surface area contributed by atoms with Crippen LogP contribution in [0, 0.1) is 0 Å². The van der Waals surface area contributed by atoms with E-state index in [4.69, 9.17) is 9.47 Å². The summed E-state index contributed by atoms with van der Waals surface area (Å²) in [6, 6.07) is 10.6. The van der Waals surface area contributed by atoms with Crippen LogP contribution in [0.3, 0.4) is 0 Å². The average molecular weight is 560 g/mol. The number of benzene rings is 1. The van der Waals surface area contributed by atoms with Crippen LogP contribution in [0.1, 0.15) is 21.0 Å². The third-order valence-electron chi connectivity index (χ3n) is 6.27. The lowest BCUT2D eigenvalue weighted by Crippen LogP contribution is -2.39. The molecule has 0 spiro atoms. The number of nitrogens with zero attached hydrogens (tertiary/aromatic N) is 8. The van der Waals surface area contributed by atoms with Crippen LogP contribution in [0.15, 0.2) is 67.6 Å². The molecule has 0 aliphatic carbocycles. The van der Waals surface area contributed by atoms with Gasteiger partial charge in [-0.2, -0.15) is 4.98 Å².